The van der Waals surface area contributed by atoms with Gasteiger partial charge in [-0.1, -0.05) is 12.1 Å². The number of furan rings is 1. The first-order chi connectivity index (χ1) is 18.6. The largest absolute Gasteiger partial charge is 0.494 e. The fourth-order valence-electron chi connectivity index (χ4n) is 5.56. The SMILES string of the molecule is COc1ccc2c(c1F)C(=O)N(C)C2.O=C1NC(=O)C(c2cc3c4c(ccc3o2)C2(CC4)NC(=O)NC2=O)N1. The Morgan fingerprint density at radius 2 is 1.87 bits per heavy atom. The maximum Gasteiger partial charge on any atom is 0.322 e. The summed E-state index contributed by atoms with van der Waals surface area (Å²) in [6, 6.07) is 6.49. The van der Waals surface area contributed by atoms with E-state index in [1.807, 2.05) is 0 Å². The van der Waals surface area contributed by atoms with E-state index in [4.69, 9.17) is 9.15 Å². The zero-order valence-electron chi connectivity index (χ0n) is 20.8. The summed E-state index contributed by atoms with van der Waals surface area (Å²) in [6.45, 7) is 0.467. The highest BCUT2D eigenvalue weighted by Crippen LogP contribution is 2.43. The number of methoxy groups -OCH3 is 1. The maximum atomic E-state index is 13.6. The molecule has 4 aliphatic rings. The van der Waals surface area contributed by atoms with E-state index in [-0.39, 0.29) is 23.1 Å². The van der Waals surface area contributed by atoms with Crippen LogP contribution in [0.4, 0.5) is 14.0 Å². The zero-order chi connectivity index (χ0) is 27.6. The number of rotatable bonds is 2. The van der Waals surface area contributed by atoms with Crippen LogP contribution in [0, 0.1) is 5.82 Å². The number of nitrogens with one attached hydrogen (secondary N) is 4. The third-order valence-corrected chi connectivity index (χ3v) is 7.42. The number of carbonyl (C=O) groups excluding carboxylic acids is 5. The number of ether oxygens (including phenoxy) is 1. The van der Waals surface area contributed by atoms with Gasteiger partial charge in [-0.25, -0.2) is 14.0 Å². The predicted octanol–water partition coefficient (Wildman–Crippen LogP) is 1.71. The minimum atomic E-state index is -1.04. The van der Waals surface area contributed by atoms with E-state index in [0.717, 1.165) is 22.1 Å². The fourth-order valence-corrected chi connectivity index (χ4v) is 5.56. The molecule has 13 heteroatoms. The van der Waals surface area contributed by atoms with Crippen molar-refractivity contribution in [3.05, 3.63) is 64.2 Å². The predicted molar refractivity (Wildman–Crippen MR) is 131 cm³/mol. The molecule has 4 N–H and O–H groups in total. The van der Waals surface area contributed by atoms with E-state index >= 15 is 0 Å². The Morgan fingerprint density at radius 1 is 1.08 bits per heavy atom. The number of imide groups is 2. The summed E-state index contributed by atoms with van der Waals surface area (Å²) in [5.74, 6) is -1.22. The molecule has 0 saturated carbocycles. The van der Waals surface area contributed by atoms with Crippen LogP contribution in [0.1, 0.15) is 45.3 Å². The van der Waals surface area contributed by atoms with Crippen molar-refractivity contribution in [3.63, 3.8) is 0 Å². The van der Waals surface area contributed by atoms with E-state index in [2.05, 4.69) is 21.3 Å². The molecule has 1 aliphatic carbocycles. The Bertz CT molecular complexity index is 1630. The molecule has 2 saturated heterocycles. The maximum absolute atomic E-state index is 13.6. The van der Waals surface area contributed by atoms with E-state index in [1.54, 1.807) is 37.4 Å². The molecule has 12 nitrogen and oxygen atoms in total. The average Bonchev–Trinajstić information content (AvgIpc) is 3.68. The Morgan fingerprint density at radius 3 is 2.54 bits per heavy atom. The number of benzene rings is 2. The van der Waals surface area contributed by atoms with Crippen LogP contribution in [-0.4, -0.2) is 48.8 Å². The van der Waals surface area contributed by atoms with Gasteiger partial charge in [-0.05, 0) is 47.7 Å². The van der Waals surface area contributed by atoms with Crippen molar-refractivity contribution in [2.24, 2.45) is 0 Å². The molecular formula is C26H22FN5O7. The first kappa shape index (κ1) is 24.4. The molecule has 2 fully saturated rings. The number of carbonyl (C=O) groups is 5. The molecule has 3 aliphatic heterocycles. The number of fused-ring (bicyclic) bond motifs is 5. The van der Waals surface area contributed by atoms with Gasteiger partial charge in [0.25, 0.3) is 17.7 Å². The quantitative estimate of drug-likeness (QED) is 0.364. The molecule has 2 atom stereocenters. The summed E-state index contributed by atoms with van der Waals surface area (Å²) in [5, 5.41) is 10.4. The molecular weight excluding hydrogens is 513 g/mol. The highest BCUT2D eigenvalue weighted by molar-refractivity contribution is 6.09. The molecule has 0 radical (unpaired) electrons. The number of hydrogen-bond donors (Lipinski definition) is 4. The van der Waals surface area contributed by atoms with Crippen LogP contribution in [0.2, 0.25) is 0 Å². The van der Waals surface area contributed by atoms with Crippen LogP contribution in [0.3, 0.4) is 0 Å². The van der Waals surface area contributed by atoms with Crippen molar-refractivity contribution in [3.8, 4) is 5.75 Å². The highest BCUT2D eigenvalue weighted by atomic mass is 19.1. The topological polar surface area (TPSA) is 159 Å². The second-order valence-corrected chi connectivity index (χ2v) is 9.64. The van der Waals surface area contributed by atoms with Crippen LogP contribution in [0.25, 0.3) is 11.0 Å². The molecule has 7 amide bonds. The summed E-state index contributed by atoms with van der Waals surface area (Å²) in [7, 11) is 3.03. The number of nitrogens with zero attached hydrogens (tertiary/aromatic N) is 1. The average molecular weight is 535 g/mol. The third-order valence-electron chi connectivity index (χ3n) is 7.42. The molecule has 3 aromatic rings. The van der Waals surface area contributed by atoms with Gasteiger partial charge in [0.1, 0.15) is 16.9 Å². The summed E-state index contributed by atoms with van der Waals surface area (Å²) >= 11 is 0. The molecule has 1 spiro atoms. The number of amides is 7. The molecule has 4 heterocycles. The number of hydrogen-bond acceptors (Lipinski definition) is 7. The normalized spacial score (nSPS) is 22.8. The lowest BCUT2D eigenvalue weighted by Crippen LogP contribution is -2.41. The molecule has 2 unspecified atom stereocenters. The van der Waals surface area contributed by atoms with Gasteiger partial charge in [-0.2, -0.15) is 0 Å². The molecule has 0 bridgehead atoms. The molecule has 200 valence electrons. The van der Waals surface area contributed by atoms with Crippen LogP contribution in [0.5, 0.6) is 5.75 Å². The van der Waals surface area contributed by atoms with Gasteiger partial charge in [0.2, 0.25) is 0 Å². The van der Waals surface area contributed by atoms with Crippen molar-refractivity contribution in [2.45, 2.75) is 31.0 Å². The minimum Gasteiger partial charge on any atom is -0.494 e. The minimum absolute atomic E-state index is 0.118. The lowest BCUT2D eigenvalue weighted by molar-refractivity contribution is -0.124. The van der Waals surface area contributed by atoms with E-state index in [1.165, 1.54) is 12.0 Å². The monoisotopic (exact) mass is 535 g/mol. The second-order valence-electron chi connectivity index (χ2n) is 9.64. The van der Waals surface area contributed by atoms with Gasteiger partial charge in [-0.15, -0.1) is 0 Å². The molecule has 7 rings (SSSR count). The lowest BCUT2D eigenvalue weighted by atomic mass is 9.91. The highest BCUT2D eigenvalue weighted by Gasteiger charge is 2.52. The van der Waals surface area contributed by atoms with E-state index in [0.29, 0.717) is 30.7 Å². The Hall–Kier alpha value is -4.94. The van der Waals surface area contributed by atoms with Gasteiger partial charge in [0.05, 0.1) is 12.7 Å². The van der Waals surface area contributed by atoms with Crippen molar-refractivity contribution in [2.75, 3.05) is 14.2 Å². The van der Waals surface area contributed by atoms with Crippen LogP contribution < -0.4 is 26.0 Å². The lowest BCUT2D eigenvalue weighted by Gasteiger charge is -2.20. The van der Waals surface area contributed by atoms with Gasteiger partial charge < -0.3 is 24.7 Å². The van der Waals surface area contributed by atoms with Crippen molar-refractivity contribution in [1.29, 1.82) is 0 Å². The van der Waals surface area contributed by atoms with Crippen molar-refractivity contribution >= 4 is 40.8 Å². The standard InChI is InChI=1S/C16H12N4O5.C10H10FNO2/c21-12-11(17-14(23)18-12)10-5-7-6-3-4-16(13(22)19-15(24)20-16)8(6)1-2-9(7)25-10;1-12-5-6-3-4-7(14-2)9(11)8(6)10(12)13/h1-2,5,11H,3-4H2,(H2,17,18,21,23)(H2,19,20,22,24);3-4H,5H2,1-2H3. The molecule has 39 heavy (non-hydrogen) atoms. The van der Waals surface area contributed by atoms with Crippen molar-refractivity contribution in [1.82, 2.24) is 26.2 Å². The summed E-state index contributed by atoms with van der Waals surface area (Å²) in [5.41, 5.74) is 2.01. The second kappa shape index (κ2) is 8.55. The van der Waals surface area contributed by atoms with Crippen LogP contribution >= 0.6 is 0 Å². The number of aryl methyl sites for hydroxylation is 1. The molecule has 2 aromatic carbocycles. The Kier molecular flexibility index (Phi) is 5.35. The van der Waals surface area contributed by atoms with Gasteiger partial charge in [0, 0.05) is 19.0 Å². The summed E-state index contributed by atoms with van der Waals surface area (Å²) in [6.07, 6.45) is 1.04. The van der Waals surface area contributed by atoms with Gasteiger partial charge in [-0.3, -0.25) is 25.0 Å². The Labute approximate surface area is 219 Å². The molecule has 1 aromatic heterocycles. The van der Waals surface area contributed by atoms with E-state index < -0.39 is 35.4 Å². The third kappa shape index (κ3) is 3.60. The summed E-state index contributed by atoms with van der Waals surface area (Å²) in [4.78, 5) is 60.0. The Balaban J connectivity index is 0.000000168. The van der Waals surface area contributed by atoms with Crippen LogP contribution in [-0.2, 0) is 28.1 Å². The van der Waals surface area contributed by atoms with Crippen LogP contribution in [0.15, 0.2) is 34.7 Å². The van der Waals surface area contributed by atoms with Crippen molar-refractivity contribution < 1.29 is 37.5 Å². The first-order valence-corrected chi connectivity index (χ1v) is 12.0. The van der Waals surface area contributed by atoms with Gasteiger partial charge in [0.15, 0.2) is 17.6 Å². The fraction of sp³-hybridized carbons (Fsp3) is 0.269. The number of halogens is 1. The smallest absolute Gasteiger partial charge is 0.322 e. The van der Waals surface area contributed by atoms with Gasteiger partial charge >= 0.3 is 12.1 Å². The summed E-state index contributed by atoms with van der Waals surface area (Å²) < 4.78 is 24.2. The van der Waals surface area contributed by atoms with E-state index in [9.17, 15) is 28.4 Å². The number of urea groups is 2. The first-order valence-electron chi connectivity index (χ1n) is 12.0. The zero-order valence-corrected chi connectivity index (χ0v) is 20.8.